The minimum Gasteiger partial charge on any atom is -0.371 e. The van der Waals surface area contributed by atoms with Gasteiger partial charge in [0.15, 0.2) is 0 Å². The fourth-order valence-corrected chi connectivity index (χ4v) is 3.30. The van der Waals surface area contributed by atoms with E-state index in [0.717, 1.165) is 12.1 Å². The summed E-state index contributed by atoms with van der Waals surface area (Å²) >= 11 is 0. The zero-order valence-corrected chi connectivity index (χ0v) is 14.6. The number of benzene rings is 2. The van der Waals surface area contributed by atoms with Crippen molar-refractivity contribution in [2.24, 2.45) is 0 Å². The maximum Gasteiger partial charge on any atom is 0.416 e. The predicted octanol–water partition coefficient (Wildman–Crippen LogP) is 5.51. The van der Waals surface area contributed by atoms with E-state index in [9.17, 15) is 13.2 Å². The van der Waals surface area contributed by atoms with E-state index >= 15 is 4.39 Å². The number of halogens is 4. The Labute approximate surface area is 155 Å². The van der Waals surface area contributed by atoms with Gasteiger partial charge in [-0.2, -0.15) is 18.4 Å². The molecule has 1 aliphatic heterocycles. The Morgan fingerprint density at radius 2 is 1.56 bits per heavy atom. The van der Waals surface area contributed by atoms with Gasteiger partial charge in [0.25, 0.3) is 0 Å². The highest BCUT2D eigenvalue weighted by atomic mass is 19.4. The van der Waals surface area contributed by atoms with Gasteiger partial charge in [-0.25, -0.2) is 4.39 Å². The molecule has 1 saturated heterocycles. The minimum absolute atomic E-state index is 0.249. The normalized spacial score (nSPS) is 16.6. The predicted molar refractivity (Wildman–Crippen MR) is 95.2 cm³/mol. The smallest absolute Gasteiger partial charge is 0.371 e. The first-order chi connectivity index (χ1) is 12.7. The lowest BCUT2D eigenvalue weighted by atomic mass is 9.85. The molecule has 0 bridgehead atoms. The van der Waals surface area contributed by atoms with Crippen LogP contribution in [0.25, 0.3) is 5.70 Å². The monoisotopic (exact) mass is 374 g/mol. The Morgan fingerprint density at radius 3 is 2.04 bits per heavy atom. The number of hydrogen-bond donors (Lipinski definition) is 0. The number of likely N-dealkylation sites (tertiary alicyclic amines) is 1. The highest BCUT2D eigenvalue weighted by Crippen LogP contribution is 2.39. The van der Waals surface area contributed by atoms with Gasteiger partial charge in [0.2, 0.25) is 0 Å². The van der Waals surface area contributed by atoms with Crippen LogP contribution >= 0.6 is 0 Å². The number of alkyl halides is 4. The lowest BCUT2D eigenvalue weighted by molar-refractivity contribution is -0.137. The first-order valence-electron chi connectivity index (χ1n) is 8.54. The summed E-state index contributed by atoms with van der Waals surface area (Å²) in [6.07, 6.45) is -3.88. The van der Waals surface area contributed by atoms with Crippen LogP contribution in [-0.4, -0.2) is 18.0 Å². The van der Waals surface area contributed by atoms with Gasteiger partial charge < -0.3 is 4.90 Å². The van der Waals surface area contributed by atoms with E-state index in [4.69, 9.17) is 5.26 Å². The van der Waals surface area contributed by atoms with E-state index in [1.807, 2.05) is 11.0 Å². The molecule has 0 saturated carbocycles. The van der Waals surface area contributed by atoms with Crippen LogP contribution in [0.3, 0.4) is 0 Å². The average molecular weight is 374 g/mol. The summed E-state index contributed by atoms with van der Waals surface area (Å²) < 4.78 is 53.3. The number of piperidine rings is 1. The molecule has 0 radical (unpaired) electrons. The van der Waals surface area contributed by atoms with Crippen molar-refractivity contribution in [2.75, 3.05) is 13.1 Å². The van der Waals surface area contributed by atoms with Crippen LogP contribution in [-0.2, 0) is 11.8 Å². The molecule has 1 aliphatic rings. The summed E-state index contributed by atoms with van der Waals surface area (Å²) in [5.74, 6) is 0. The molecule has 1 heterocycles. The Bertz CT molecular complexity index is 853. The van der Waals surface area contributed by atoms with E-state index in [0.29, 0.717) is 35.5 Å². The van der Waals surface area contributed by atoms with E-state index in [1.165, 1.54) is 12.1 Å². The molecule has 0 unspecified atom stereocenters. The lowest BCUT2D eigenvalue weighted by Gasteiger charge is -2.39. The first-order valence-corrected chi connectivity index (χ1v) is 8.54. The highest BCUT2D eigenvalue weighted by Gasteiger charge is 2.37. The molecule has 0 aromatic heterocycles. The van der Waals surface area contributed by atoms with Gasteiger partial charge in [-0.05, 0) is 35.4 Å². The Balaban J connectivity index is 1.67. The van der Waals surface area contributed by atoms with Gasteiger partial charge >= 0.3 is 6.18 Å². The third kappa shape index (κ3) is 3.97. The summed E-state index contributed by atoms with van der Waals surface area (Å²) in [4.78, 5) is 1.89. The van der Waals surface area contributed by atoms with Crippen molar-refractivity contribution >= 4 is 5.70 Å². The molecule has 0 atom stereocenters. The second kappa shape index (κ2) is 7.07. The van der Waals surface area contributed by atoms with E-state index in [2.05, 4.69) is 6.58 Å². The zero-order valence-electron chi connectivity index (χ0n) is 14.6. The van der Waals surface area contributed by atoms with E-state index in [1.54, 1.807) is 24.3 Å². The molecular formula is C21H18F4N2. The number of rotatable bonds is 3. The lowest BCUT2D eigenvalue weighted by Crippen LogP contribution is -2.39. The summed E-state index contributed by atoms with van der Waals surface area (Å²) in [6.45, 7) is 4.80. The molecule has 2 aromatic rings. The fraction of sp³-hybridized carbons (Fsp3) is 0.286. The third-order valence-electron chi connectivity index (χ3n) is 5.01. The molecule has 2 aromatic carbocycles. The van der Waals surface area contributed by atoms with E-state index in [-0.39, 0.29) is 12.8 Å². The summed E-state index contributed by atoms with van der Waals surface area (Å²) in [5, 5.41) is 8.85. The molecule has 0 aliphatic carbocycles. The maximum atomic E-state index is 15.3. The molecule has 0 amide bonds. The average Bonchev–Trinajstić information content (AvgIpc) is 2.67. The largest absolute Gasteiger partial charge is 0.416 e. The van der Waals surface area contributed by atoms with Crippen molar-refractivity contribution in [2.45, 2.75) is 24.7 Å². The topological polar surface area (TPSA) is 27.0 Å². The Kier molecular flexibility index (Phi) is 4.97. The van der Waals surface area contributed by atoms with Crippen LogP contribution in [0.1, 0.15) is 35.1 Å². The summed E-state index contributed by atoms with van der Waals surface area (Å²) in [6, 6.07) is 13.3. The second-order valence-corrected chi connectivity index (χ2v) is 6.66. The van der Waals surface area contributed by atoms with Crippen molar-refractivity contribution in [1.29, 1.82) is 5.26 Å². The van der Waals surface area contributed by atoms with Gasteiger partial charge in [-0.1, -0.05) is 30.8 Å². The zero-order chi connectivity index (χ0) is 19.7. The molecule has 0 N–H and O–H groups in total. The molecule has 3 rings (SSSR count). The summed E-state index contributed by atoms with van der Waals surface area (Å²) in [5.41, 5.74) is 0.0154. The van der Waals surface area contributed by atoms with Crippen molar-refractivity contribution in [3.05, 3.63) is 77.4 Å². The van der Waals surface area contributed by atoms with Crippen LogP contribution in [0.2, 0.25) is 0 Å². The van der Waals surface area contributed by atoms with Crippen LogP contribution in [0.15, 0.2) is 55.1 Å². The minimum atomic E-state index is -4.38. The number of nitrogens with zero attached hydrogens (tertiary/aromatic N) is 2. The number of hydrogen-bond acceptors (Lipinski definition) is 2. The van der Waals surface area contributed by atoms with Crippen LogP contribution in [0, 0.1) is 11.3 Å². The van der Waals surface area contributed by atoms with Gasteiger partial charge in [0, 0.05) is 31.6 Å². The van der Waals surface area contributed by atoms with E-state index < -0.39 is 17.4 Å². The van der Waals surface area contributed by atoms with Crippen molar-refractivity contribution in [3.8, 4) is 6.07 Å². The van der Waals surface area contributed by atoms with Crippen LogP contribution < -0.4 is 0 Å². The van der Waals surface area contributed by atoms with Crippen molar-refractivity contribution < 1.29 is 17.6 Å². The first kappa shape index (κ1) is 19.0. The van der Waals surface area contributed by atoms with Gasteiger partial charge in [-0.3, -0.25) is 0 Å². The Morgan fingerprint density at radius 1 is 1.00 bits per heavy atom. The Hall–Kier alpha value is -2.81. The molecular weight excluding hydrogens is 356 g/mol. The quantitative estimate of drug-likeness (QED) is 0.663. The third-order valence-corrected chi connectivity index (χ3v) is 5.01. The van der Waals surface area contributed by atoms with Crippen molar-refractivity contribution in [3.63, 3.8) is 0 Å². The SMILES string of the molecule is C=C(c1ccc(C(F)(F)F)cc1)N1CCC(F)(c2ccc(C#N)cc2)CC1. The summed E-state index contributed by atoms with van der Waals surface area (Å²) in [7, 11) is 0. The molecule has 140 valence electrons. The molecule has 2 nitrogen and oxygen atoms in total. The van der Waals surface area contributed by atoms with Gasteiger partial charge in [0.05, 0.1) is 17.2 Å². The molecule has 27 heavy (non-hydrogen) atoms. The number of nitriles is 1. The van der Waals surface area contributed by atoms with Gasteiger partial charge in [-0.15, -0.1) is 0 Å². The molecule has 6 heteroatoms. The van der Waals surface area contributed by atoms with Gasteiger partial charge in [0.1, 0.15) is 5.67 Å². The fourth-order valence-electron chi connectivity index (χ4n) is 3.30. The highest BCUT2D eigenvalue weighted by molar-refractivity contribution is 5.62. The van der Waals surface area contributed by atoms with Crippen LogP contribution in [0.4, 0.5) is 17.6 Å². The van der Waals surface area contributed by atoms with Crippen LogP contribution in [0.5, 0.6) is 0 Å². The molecule has 1 fully saturated rings. The second-order valence-electron chi connectivity index (χ2n) is 6.66. The standard InChI is InChI=1S/C21H18F4N2/c1-15(17-4-8-19(9-5-17)21(23,24)25)27-12-10-20(22,11-13-27)18-6-2-16(14-26)3-7-18/h2-9H,1,10-13H2. The van der Waals surface area contributed by atoms with Crippen molar-refractivity contribution in [1.82, 2.24) is 4.90 Å². The molecule has 0 spiro atoms. The maximum absolute atomic E-state index is 15.3.